The first-order chi connectivity index (χ1) is 8.08. The van der Waals surface area contributed by atoms with Crippen LogP contribution >= 0.6 is 0 Å². The first-order valence-electron chi connectivity index (χ1n) is 6.11. The van der Waals surface area contributed by atoms with E-state index in [1.54, 1.807) is 6.20 Å². The maximum Gasteiger partial charge on any atom is 0.143 e. The number of alkyl halides is 1. The Morgan fingerprint density at radius 3 is 2.76 bits per heavy atom. The van der Waals surface area contributed by atoms with Crippen molar-refractivity contribution in [3.63, 3.8) is 0 Å². The molecule has 1 aromatic heterocycles. The van der Waals surface area contributed by atoms with E-state index in [0.29, 0.717) is 18.9 Å². The van der Waals surface area contributed by atoms with Crippen LogP contribution in [0.2, 0.25) is 0 Å². The topological polar surface area (TPSA) is 36.4 Å². The molecule has 0 radical (unpaired) electrons. The minimum atomic E-state index is -1.16. The first kappa shape index (κ1) is 12.3. The number of aromatic nitrogens is 1. The van der Waals surface area contributed by atoms with Gasteiger partial charge in [0.05, 0.1) is 24.5 Å². The standard InChI is InChI=1S/C13H19FN2O/c1-9(2)12-4-3-10(7-15-12)16-6-5-13(17)11(14)8-16/h3-4,7,9,11,13,17H,5-6,8H2,1-2H3/t11-,13+/m1/s1. The highest BCUT2D eigenvalue weighted by atomic mass is 19.1. The summed E-state index contributed by atoms with van der Waals surface area (Å²) >= 11 is 0. The second kappa shape index (κ2) is 5.00. The van der Waals surface area contributed by atoms with Gasteiger partial charge in [-0.05, 0) is 24.5 Å². The third-order valence-corrected chi connectivity index (χ3v) is 3.23. The Bertz CT molecular complexity index is 366. The number of anilines is 1. The lowest BCUT2D eigenvalue weighted by Gasteiger charge is -2.33. The molecule has 0 saturated carbocycles. The first-order valence-corrected chi connectivity index (χ1v) is 6.11. The number of hydrogen-bond donors (Lipinski definition) is 1. The smallest absolute Gasteiger partial charge is 0.143 e. The summed E-state index contributed by atoms with van der Waals surface area (Å²) in [5.41, 5.74) is 1.98. The molecule has 0 aromatic carbocycles. The largest absolute Gasteiger partial charge is 0.390 e. The van der Waals surface area contributed by atoms with Gasteiger partial charge in [-0.2, -0.15) is 0 Å². The summed E-state index contributed by atoms with van der Waals surface area (Å²) in [5.74, 6) is 0.404. The highest BCUT2D eigenvalue weighted by Crippen LogP contribution is 2.22. The molecule has 1 fully saturated rings. The predicted octanol–water partition coefficient (Wildman–Crippen LogP) is 2.11. The van der Waals surface area contributed by atoms with Crippen LogP contribution in [0.15, 0.2) is 18.3 Å². The average molecular weight is 238 g/mol. The van der Waals surface area contributed by atoms with Crippen LogP contribution in [-0.2, 0) is 0 Å². The Morgan fingerprint density at radius 1 is 1.47 bits per heavy atom. The lowest BCUT2D eigenvalue weighted by molar-refractivity contribution is 0.0615. The Hall–Kier alpha value is -1.16. The van der Waals surface area contributed by atoms with E-state index in [1.807, 2.05) is 17.0 Å². The summed E-state index contributed by atoms with van der Waals surface area (Å²) in [5, 5.41) is 9.34. The normalized spacial score (nSPS) is 25.4. The predicted molar refractivity (Wildman–Crippen MR) is 66.1 cm³/mol. The summed E-state index contributed by atoms with van der Waals surface area (Å²) in [6.45, 7) is 5.13. The van der Waals surface area contributed by atoms with Crippen LogP contribution in [0, 0.1) is 0 Å². The van der Waals surface area contributed by atoms with E-state index in [4.69, 9.17) is 0 Å². The second-order valence-electron chi connectivity index (χ2n) is 4.91. The van der Waals surface area contributed by atoms with Crippen LogP contribution in [0.5, 0.6) is 0 Å². The van der Waals surface area contributed by atoms with Crippen molar-refractivity contribution in [1.29, 1.82) is 0 Å². The van der Waals surface area contributed by atoms with E-state index in [0.717, 1.165) is 11.4 Å². The van der Waals surface area contributed by atoms with Crippen LogP contribution in [-0.4, -0.2) is 35.5 Å². The van der Waals surface area contributed by atoms with E-state index in [2.05, 4.69) is 18.8 Å². The number of aliphatic hydroxyl groups excluding tert-OH is 1. The molecule has 1 N–H and O–H groups in total. The van der Waals surface area contributed by atoms with Crippen LogP contribution in [0.1, 0.15) is 31.9 Å². The molecule has 2 heterocycles. The number of pyridine rings is 1. The van der Waals surface area contributed by atoms with Crippen molar-refractivity contribution in [2.75, 3.05) is 18.0 Å². The molecule has 0 unspecified atom stereocenters. The molecular weight excluding hydrogens is 219 g/mol. The van der Waals surface area contributed by atoms with Gasteiger partial charge in [0.15, 0.2) is 0 Å². The van der Waals surface area contributed by atoms with Gasteiger partial charge in [-0.3, -0.25) is 4.98 Å². The van der Waals surface area contributed by atoms with E-state index in [-0.39, 0.29) is 6.54 Å². The number of rotatable bonds is 2. The highest BCUT2D eigenvalue weighted by Gasteiger charge is 2.27. The van der Waals surface area contributed by atoms with Crippen molar-refractivity contribution in [3.05, 3.63) is 24.0 Å². The number of hydrogen-bond acceptors (Lipinski definition) is 3. The summed E-state index contributed by atoms with van der Waals surface area (Å²) in [4.78, 5) is 6.31. The second-order valence-corrected chi connectivity index (χ2v) is 4.91. The molecule has 17 heavy (non-hydrogen) atoms. The van der Waals surface area contributed by atoms with Gasteiger partial charge >= 0.3 is 0 Å². The third kappa shape index (κ3) is 2.75. The van der Waals surface area contributed by atoms with Crippen LogP contribution in [0.4, 0.5) is 10.1 Å². The van der Waals surface area contributed by atoms with Crippen molar-refractivity contribution < 1.29 is 9.50 Å². The summed E-state index contributed by atoms with van der Waals surface area (Å²) < 4.78 is 13.4. The molecule has 0 amide bonds. The van der Waals surface area contributed by atoms with Gasteiger partial charge in [0.2, 0.25) is 0 Å². The van der Waals surface area contributed by atoms with E-state index < -0.39 is 12.3 Å². The number of piperidine rings is 1. The molecule has 1 aliphatic heterocycles. The minimum Gasteiger partial charge on any atom is -0.390 e. The average Bonchev–Trinajstić information content (AvgIpc) is 2.33. The Labute approximate surface area is 101 Å². The van der Waals surface area contributed by atoms with Crippen LogP contribution in [0.3, 0.4) is 0 Å². The minimum absolute atomic E-state index is 0.254. The molecule has 1 saturated heterocycles. The molecular formula is C13H19FN2O. The Kier molecular flexibility index (Phi) is 3.62. The lowest BCUT2D eigenvalue weighted by Crippen LogP contribution is -2.44. The van der Waals surface area contributed by atoms with Crippen molar-refractivity contribution in [1.82, 2.24) is 4.98 Å². The van der Waals surface area contributed by atoms with Gasteiger partial charge in [0, 0.05) is 12.2 Å². The van der Waals surface area contributed by atoms with Crippen LogP contribution in [0.25, 0.3) is 0 Å². The Morgan fingerprint density at radius 2 is 2.24 bits per heavy atom. The number of halogens is 1. The summed E-state index contributed by atoms with van der Waals surface area (Å²) in [7, 11) is 0. The fourth-order valence-corrected chi connectivity index (χ4v) is 2.05. The quantitative estimate of drug-likeness (QED) is 0.857. The van der Waals surface area contributed by atoms with Gasteiger partial charge < -0.3 is 10.0 Å². The SMILES string of the molecule is CC(C)c1ccc(N2CC[C@H](O)[C@H](F)C2)cn1. The van der Waals surface area contributed by atoms with Gasteiger partial charge in [-0.15, -0.1) is 0 Å². The lowest BCUT2D eigenvalue weighted by atomic mass is 10.1. The van der Waals surface area contributed by atoms with E-state index in [9.17, 15) is 9.50 Å². The molecule has 1 aliphatic rings. The fourth-order valence-electron chi connectivity index (χ4n) is 2.05. The van der Waals surface area contributed by atoms with Gasteiger partial charge in [0.1, 0.15) is 6.17 Å². The van der Waals surface area contributed by atoms with Gasteiger partial charge in [0.25, 0.3) is 0 Å². The molecule has 2 rings (SSSR count). The molecule has 0 bridgehead atoms. The van der Waals surface area contributed by atoms with E-state index >= 15 is 0 Å². The number of aliphatic hydroxyl groups is 1. The molecule has 4 heteroatoms. The number of nitrogens with zero attached hydrogens (tertiary/aromatic N) is 2. The molecule has 2 atom stereocenters. The monoisotopic (exact) mass is 238 g/mol. The zero-order chi connectivity index (χ0) is 12.4. The van der Waals surface area contributed by atoms with Crippen molar-refractivity contribution in [3.8, 4) is 0 Å². The van der Waals surface area contributed by atoms with Crippen molar-refractivity contribution in [2.45, 2.75) is 38.5 Å². The molecule has 3 nitrogen and oxygen atoms in total. The van der Waals surface area contributed by atoms with Crippen LogP contribution < -0.4 is 4.90 Å². The zero-order valence-electron chi connectivity index (χ0n) is 10.3. The van der Waals surface area contributed by atoms with E-state index in [1.165, 1.54) is 0 Å². The fraction of sp³-hybridized carbons (Fsp3) is 0.615. The molecule has 94 valence electrons. The Balaban J connectivity index is 2.07. The molecule has 0 aliphatic carbocycles. The third-order valence-electron chi connectivity index (χ3n) is 3.23. The summed E-state index contributed by atoms with van der Waals surface area (Å²) in [6, 6.07) is 3.96. The van der Waals surface area contributed by atoms with Gasteiger partial charge in [-0.25, -0.2) is 4.39 Å². The van der Waals surface area contributed by atoms with Crippen molar-refractivity contribution >= 4 is 5.69 Å². The zero-order valence-corrected chi connectivity index (χ0v) is 10.3. The highest BCUT2D eigenvalue weighted by molar-refractivity contribution is 5.45. The molecule has 0 spiro atoms. The summed E-state index contributed by atoms with van der Waals surface area (Å²) in [6.07, 6.45) is 0.301. The molecule has 1 aromatic rings. The maximum atomic E-state index is 13.4. The maximum absolute atomic E-state index is 13.4. The van der Waals surface area contributed by atoms with Crippen molar-refractivity contribution in [2.24, 2.45) is 0 Å². The van der Waals surface area contributed by atoms with Gasteiger partial charge in [-0.1, -0.05) is 13.8 Å².